The number of ether oxygens (including phenoxy) is 1. The first-order valence-electron chi connectivity index (χ1n) is 8.24. The van der Waals surface area contributed by atoms with Crippen molar-refractivity contribution < 1.29 is 9.53 Å². The van der Waals surface area contributed by atoms with Crippen molar-refractivity contribution in [1.29, 1.82) is 0 Å². The lowest BCUT2D eigenvalue weighted by molar-refractivity contribution is 0.0735. The monoisotopic (exact) mass is 328 g/mol. The minimum absolute atomic E-state index is 0.0644. The molecule has 1 amide bonds. The van der Waals surface area contributed by atoms with Gasteiger partial charge in [0.25, 0.3) is 5.91 Å². The predicted molar refractivity (Wildman–Crippen MR) is 92.8 cm³/mol. The Morgan fingerprint density at radius 3 is 3.04 bits per heavy atom. The highest BCUT2D eigenvalue weighted by Crippen LogP contribution is 2.20. The highest BCUT2D eigenvalue weighted by Gasteiger charge is 2.24. The molecule has 6 nitrogen and oxygen atoms in total. The van der Waals surface area contributed by atoms with Crippen molar-refractivity contribution in [3.05, 3.63) is 42.2 Å². The molecular weight excluding hydrogens is 304 g/mol. The lowest BCUT2D eigenvalue weighted by atomic mass is 10.0. The van der Waals surface area contributed by atoms with Crippen LogP contribution in [-0.2, 0) is 4.74 Å². The van der Waals surface area contributed by atoms with E-state index in [9.17, 15) is 4.79 Å². The quantitative estimate of drug-likeness (QED) is 0.928. The van der Waals surface area contributed by atoms with Gasteiger partial charge in [-0.1, -0.05) is 12.1 Å². The van der Waals surface area contributed by atoms with E-state index >= 15 is 0 Å². The number of aromatic amines is 1. The molecule has 1 aliphatic rings. The number of nitrogens with zero attached hydrogens (tertiary/aromatic N) is 3. The number of benzene rings is 1. The van der Waals surface area contributed by atoms with Gasteiger partial charge in [0.05, 0.1) is 19.4 Å². The number of rotatable bonds is 4. The molecule has 1 saturated heterocycles. The van der Waals surface area contributed by atoms with E-state index in [2.05, 4.69) is 15.1 Å². The van der Waals surface area contributed by atoms with E-state index < -0.39 is 0 Å². The van der Waals surface area contributed by atoms with E-state index in [1.807, 2.05) is 49.5 Å². The molecular formula is C18H24N4O2. The summed E-state index contributed by atoms with van der Waals surface area (Å²) >= 11 is 0. The minimum atomic E-state index is 0.0644. The van der Waals surface area contributed by atoms with E-state index in [1.165, 1.54) is 0 Å². The zero-order valence-electron chi connectivity index (χ0n) is 14.2. The van der Waals surface area contributed by atoms with Gasteiger partial charge in [0, 0.05) is 42.9 Å². The first-order chi connectivity index (χ1) is 11.6. The summed E-state index contributed by atoms with van der Waals surface area (Å²) in [6.07, 6.45) is 3.59. The van der Waals surface area contributed by atoms with Crippen LogP contribution in [0.1, 0.15) is 10.4 Å². The van der Waals surface area contributed by atoms with Crippen molar-refractivity contribution in [2.45, 2.75) is 0 Å². The Morgan fingerprint density at radius 2 is 2.29 bits per heavy atom. The van der Waals surface area contributed by atoms with Gasteiger partial charge in [-0.15, -0.1) is 0 Å². The molecule has 3 rings (SSSR count). The second-order valence-electron chi connectivity index (χ2n) is 6.52. The van der Waals surface area contributed by atoms with Crippen LogP contribution < -0.4 is 0 Å². The van der Waals surface area contributed by atoms with Crippen molar-refractivity contribution in [2.24, 2.45) is 5.92 Å². The molecule has 0 radical (unpaired) electrons. The molecule has 1 aromatic carbocycles. The number of amides is 1. The van der Waals surface area contributed by atoms with Crippen LogP contribution in [-0.4, -0.2) is 72.8 Å². The van der Waals surface area contributed by atoms with Gasteiger partial charge in [-0.05, 0) is 31.8 Å². The van der Waals surface area contributed by atoms with E-state index in [0.29, 0.717) is 31.2 Å². The van der Waals surface area contributed by atoms with E-state index in [4.69, 9.17) is 4.74 Å². The molecule has 6 heteroatoms. The Labute approximate surface area is 142 Å². The number of nitrogens with one attached hydrogen (secondary N) is 1. The number of carbonyl (C=O) groups is 1. The topological polar surface area (TPSA) is 61.5 Å². The van der Waals surface area contributed by atoms with Crippen molar-refractivity contribution in [3.8, 4) is 11.1 Å². The summed E-state index contributed by atoms with van der Waals surface area (Å²) in [5.74, 6) is 0.401. The van der Waals surface area contributed by atoms with Gasteiger partial charge < -0.3 is 14.5 Å². The Kier molecular flexibility index (Phi) is 5.27. The molecule has 1 N–H and O–H groups in total. The molecule has 1 unspecified atom stereocenters. The Hall–Kier alpha value is -2.18. The number of hydrogen-bond acceptors (Lipinski definition) is 4. The van der Waals surface area contributed by atoms with Gasteiger partial charge in [0.1, 0.15) is 0 Å². The van der Waals surface area contributed by atoms with Crippen molar-refractivity contribution in [2.75, 3.05) is 46.9 Å². The van der Waals surface area contributed by atoms with Crippen LogP contribution in [0.5, 0.6) is 0 Å². The summed E-state index contributed by atoms with van der Waals surface area (Å²) < 4.78 is 5.67. The van der Waals surface area contributed by atoms with Crippen LogP contribution >= 0.6 is 0 Å². The highest BCUT2D eigenvalue weighted by molar-refractivity contribution is 5.95. The minimum Gasteiger partial charge on any atom is -0.379 e. The summed E-state index contributed by atoms with van der Waals surface area (Å²) in [7, 11) is 4.09. The van der Waals surface area contributed by atoms with Gasteiger partial charge in [-0.25, -0.2) is 0 Å². The maximum atomic E-state index is 12.9. The Balaban J connectivity index is 1.76. The molecule has 0 spiro atoms. The fourth-order valence-corrected chi connectivity index (χ4v) is 3.11. The summed E-state index contributed by atoms with van der Waals surface area (Å²) in [4.78, 5) is 17.0. The van der Waals surface area contributed by atoms with Crippen molar-refractivity contribution >= 4 is 5.91 Å². The van der Waals surface area contributed by atoms with Crippen LogP contribution in [0, 0.1) is 5.92 Å². The molecule has 0 saturated carbocycles. The van der Waals surface area contributed by atoms with Crippen molar-refractivity contribution in [3.63, 3.8) is 0 Å². The first-order valence-corrected chi connectivity index (χ1v) is 8.24. The fourth-order valence-electron chi connectivity index (χ4n) is 3.11. The summed E-state index contributed by atoms with van der Waals surface area (Å²) in [6.45, 7) is 3.58. The van der Waals surface area contributed by atoms with Gasteiger partial charge >= 0.3 is 0 Å². The van der Waals surface area contributed by atoms with E-state index in [0.717, 1.165) is 24.2 Å². The lowest BCUT2D eigenvalue weighted by Gasteiger charge is -2.25. The third-order valence-electron chi connectivity index (χ3n) is 4.19. The molecule has 0 bridgehead atoms. The molecule has 1 fully saturated rings. The standard InChI is InChI=1S/C18H24N4O2/c1-21(2)11-14-12-22(6-7-24-13-14)18(23)16-5-3-4-15(8-16)17-9-19-20-10-17/h3-5,8-10,14H,6-7,11-13H2,1-2H3,(H,19,20). The van der Waals surface area contributed by atoms with Gasteiger partial charge in [-0.3, -0.25) is 9.89 Å². The zero-order chi connectivity index (χ0) is 16.9. The van der Waals surface area contributed by atoms with Gasteiger partial charge in [0.2, 0.25) is 0 Å². The average Bonchev–Trinajstić information content (AvgIpc) is 3.01. The Bertz CT molecular complexity index is 669. The maximum Gasteiger partial charge on any atom is 0.253 e. The molecule has 128 valence electrons. The van der Waals surface area contributed by atoms with E-state index in [-0.39, 0.29) is 5.91 Å². The normalized spacial score (nSPS) is 18.6. The van der Waals surface area contributed by atoms with Crippen LogP contribution in [0.15, 0.2) is 36.7 Å². The number of hydrogen-bond donors (Lipinski definition) is 1. The third kappa shape index (κ3) is 4.01. The van der Waals surface area contributed by atoms with Gasteiger partial charge in [0.15, 0.2) is 0 Å². The second kappa shape index (κ2) is 7.59. The molecule has 1 aromatic heterocycles. The van der Waals surface area contributed by atoms with E-state index in [1.54, 1.807) is 6.20 Å². The largest absolute Gasteiger partial charge is 0.379 e. The third-order valence-corrected chi connectivity index (χ3v) is 4.19. The molecule has 1 atom stereocenters. The maximum absolute atomic E-state index is 12.9. The van der Waals surface area contributed by atoms with Gasteiger partial charge in [-0.2, -0.15) is 5.10 Å². The zero-order valence-corrected chi connectivity index (χ0v) is 14.2. The second-order valence-corrected chi connectivity index (χ2v) is 6.52. The summed E-state index contributed by atoms with van der Waals surface area (Å²) in [5.41, 5.74) is 2.68. The number of aromatic nitrogens is 2. The lowest BCUT2D eigenvalue weighted by Crippen LogP contribution is -2.38. The molecule has 24 heavy (non-hydrogen) atoms. The van der Waals surface area contributed by atoms with Crippen LogP contribution in [0.25, 0.3) is 11.1 Å². The number of carbonyl (C=O) groups excluding carboxylic acids is 1. The molecule has 1 aliphatic heterocycles. The number of H-pyrrole nitrogens is 1. The molecule has 2 aromatic rings. The van der Waals surface area contributed by atoms with Crippen LogP contribution in [0.2, 0.25) is 0 Å². The molecule has 0 aliphatic carbocycles. The smallest absolute Gasteiger partial charge is 0.253 e. The highest BCUT2D eigenvalue weighted by atomic mass is 16.5. The Morgan fingerprint density at radius 1 is 1.42 bits per heavy atom. The summed E-state index contributed by atoms with van der Waals surface area (Å²) in [5, 5.41) is 6.78. The van der Waals surface area contributed by atoms with Crippen molar-refractivity contribution in [1.82, 2.24) is 20.0 Å². The predicted octanol–water partition coefficient (Wildman–Crippen LogP) is 1.73. The average molecular weight is 328 g/mol. The summed E-state index contributed by atoms with van der Waals surface area (Å²) in [6, 6.07) is 7.71. The first kappa shape index (κ1) is 16.7. The SMILES string of the molecule is CN(C)CC1COCCN(C(=O)c2cccc(-c3cn[nH]c3)c2)C1. The molecule has 2 heterocycles. The van der Waals surface area contributed by atoms with Crippen LogP contribution in [0.4, 0.5) is 0 Å². The fraction of sp³-hybridized carbons (Fsp3) is 0.444. The van der Waals surface area contributed by atoms with Crippen LogP contribution in [0.3, 0.4) is 0 Å².